The van der Waals surface area contributed by atoms with Crippen LogP contribution in [0, 0.1) is 0 Å². The Morgan fingerprint density at radius 3 is 0.763 bits per heavy atom. The average Bonchev–Trinajstić information content (AvgIpc) is 3.42. The van der Waals surface area contributed by atoms with E-state index < -0.39 is 12.1 Å². The van der Waals surface area contributed by atoms with Crippen molar-refractivity contribution in [3.8, 4) is 0 Å². The standard InChI is InChI=1S/C72H139NO3/c1-3-5-7-9-11-13-15-17-19-21-23-25-27-29-31-33-35-36-37-38-40-42-44-46-48-50-52-54-56-58-60-62-64-66-68-72(76)73-70(69-74)71(75)67-65-63-61-59-57-55-53-51-49-47-45-43-41-39-34-32-30-28-26-24-22-20-18-16-14-12-10-8-6-4-2/h49,51,57,59,65,67,70-71,74-75H,3-48,50,52-56,58,60-64,66,68-69H2,1-2H3,(H,73,76)/b51-49+,59-57+,67-65+. The SMILES string of the molecule is CCCCCCCCCCCCCCCCCCCCCC/C=C/CC/C=C/CC/C=C/C(O)C(CO)NC(=O)CCCCCCCCCCCCCCCCCCCCCCCCCCCCCCCCCCCC. The number of carbonyl (C=O) groups excluding carboxylic acids is 1. The van der Waals surface area contributed by atoms with Gasteiger partial charge in [-0.1, -0.05) is 384 Å². The van der Waals surface area contributed by atoms with Crippen molar-refractivity contribution in [2.45, 2.75) is 411 Å². The summed E-state index contributed by atoms with van der Waals surface area (Å²) in [7, 11) is 0. The Kier molecular flexibility index (Phi) is 66.6. The number of hydrogen-bond donors (Lipinski definition) is 3. The van der Waals surface area contributed by atoms with Crippen molar-refractivity contribution < 1.29 is 15.0 Å². The highest BCUT2D eigenvalue weighted by atomic mass is 16.3. The number of aliphatic hydroxyl groups is 2. The summed E-state index contributed by atoms with van der Waals surface area (Å²) in [5.74, 6) is -0.0693. The van der Waals surface area contributed by atoms with Crippen molar-refractivity contribution in [2.24, 2.45) is 0 Å². The maximum Gasteiger partial charge on any atom is 0.220 e. The number of nitrogens with one attached hydrogen (secondary N) is 1. The van der Waals surface area contributed by atoms with Gasteiger partial charge in [-0.3, -0.25) is 4.79 Å². The van der Waals surface area contributed by atoms with Crippen LogP contribution in [0.15, 0.2) is 36.5 Å². The van der Waals surface area contributed by atoms with Gasteiger partial charge in [-0.25, -0.2) is 0 Å². The molecule has 4 heteroatoms. The molecule has 3 N–H and O–H groups in total. The van der Waals surface area contributed by atoms with Gasteiger partial charge >= 0.3 is 0 Å². The van der Waals surface area contributed by atoms with Gasteiger partial charge < -0.3 is 15.5 Å². The molecule has 0 saturated heterocycles. The molecular weight excluding hydrogens is 927 g/mol. The van der Waals surface area contributed by atoms with E-state index in [-0.39, 0.29) is 12.5 Å². The summed E-state index contributed by atoms with van der Waals surface area (Å²) >= 11 is 0. The summed E-state index contributed by atoms with van der Waals surface area (Å²) in [6.45, 7) is 4.35. The molecule has 0 rings (SSSR count). The monoisotopic (exact) mass is 1070 g/mol. The van der Waals surface area contributed by atoms with Crippen molar-refractivity contribution in [3.63, 3.8) is 0 Å². The number of unbranched alkanes of at least 4 members (excludes halogenated alkanes) is 55. The van der Waals surface area contributed by atoms with Crippen LogP contribution >= 0.6 is 0 Å². The van der Waals surface area contributed by atoms with Crippen LogP contribution in [0.2, 0.25) is 0 Å². The van der Waals surface area contributed by atoms with Crippen molar-refractivity contribution >= 4 is 5.91 Å². The molecule has 0 saturated carbocycles. The molecule has 2 unspecified atom stereocenters. The molecule has 4 nitrogen and oxygen atoms in total. The molecular formula is C72H139NO3. The molecule has 0 fully saturated rings. The Hall–Kier alpha value is -1.39. The highest BCUT2D eigenvalue weighted by molar-refractivity contribution is 5.76. The van der Waals surface area contributed by atoms with E-state index in [0.29, 0.717) is 6.42 Å². The lowest BCUT2D eigenvalue weighted by Crippen LogP contribution is -2.45. The van der Waals surface area contributed by atoms with Crippen LogP contribution in [0.25, 0.3) is 0 Å². The molecule has 0 heterocycles. The van der Waals surface area contributed by atoms with Crippen LogP contribution in [-0.2, 0) is 4.79 Å². The zero-order valence-corrected chi connectivity index (χ0v) is 52.1. The van der Waals surface area contributed by atoms with Crippen LogP contribution in [0.1, 0.15) is 399 Å². The van der Waals surface area contributed by atoms with Gasteiger partial charge in [0.1, 0.15) is 0 Å². The predicted molar refractivity (Wildman–Crippen MR) is 341 cm³/mol. The van der Waals surface area contributed by atoms with Gasteiger partial charge in [0, 0.05) is 6.42 Å². The lowest BCUT2D eigenvalue weighted by Gasteiger charge is -2.19. The van der Waals surface area contributed by atoms with Gasteiger partial charge in [-0.05, 0) is 44.9 Å². The molecule has 76 heavy (non-hydrogen) atoms. The van der Waals surface area contributed by atoms with Crippen molar-refractivity contribution in [3.05, 3.63) is 36.5 Å². The van der Waals surface area contributed by atoms with Gasteiger partial charge in [0.2, 0.25) is 5.91 Å². The van der Waals surface area contributed by atoms with Gasteiger partial charge in [0.25, 0.3) is 0 Å². The summed E-state index contributed by atoms with van der Waals surface area (Å²) in [6.07, 6.45) is 93.9. The Bertz CT molecular complexity index is 1160. The molecule has 0 spiro atoms. The minimum Gasteiger partial charge on any atom is -0.394 e. The Balaban J connectivity index is 3.45. The minimum absolute atomic E-state index is 0.0693. The lowest BCUT2D eigenvalue weighted by molar-refractivity contribution is -0.123. The van der Waals surface area contributed by atoms with E-state index in [4.69, 9.17) is 0 Å². The first-order valence-electron chi connectivity index (χ1n) is 35.2. The summed E-state index contributed by atoms with van der Waals surface area (Å²) in [5.41, 5.74) is 0. The molecule has 0 aliphatic heterocycles. The van der Waals surface area contributed by atoms with E-state index in [0.717, 1.165) is 38.5 Å². The molecule has 0 aromatic rings. The molecule has 0 radical (unpaired) electrons. The van der Waals surface area contributed by atoms with E-state index in [9.17, 15) is 15.0 Å². The Morgan fingerprint density at radius 2 is 0.513 bits per heavy atom. The number of hydrogen-bond acceptors (Lipinski definition) is 3. The first kappa shape index (κ1) is 74.6. The van der Waals surface area contributed by atoms with Crippen LogP contribution in [0.4, 0.5) is 0 Å². The normalized spacial score (nSPS) is 12.8. The van der Waals surface area contributed by atoms with Crippen molar-refractivity contribution in [1.29, 1.82) is 0 Å². The molecule has 0 aromatic heterocycles. The molecule has 0 aromatic carbocycles. The van der Waals surface area contributed by atoms with Crippen molar-refractivity contribution in [2.75, 3.05) is 6.61 Å². The molecule has 1 amide bonds. The molecule has 2 atom stereocenters. The third-order valence-corrected chi connectivity index (χ3v) is 16.6. The third-order valence-electron chi connectivity index (χ3n) is 16.6. The van der Waals surface area contributed by atoms with E-state index in [1.165, 1.54) is 340 Å². The minimum atomic E-state index is -0.870. The van der Waals surface area contributed by atoms with Gasteiger partial charge in [0.15, 0.2) is 0 Å². The number of rotatable bonds is 66. The van der Waals surface area contributed by atoms with Crippen LogP contribution < -0.4 is 5.32 Å². The molecule has 0 aliphatic carbocycles. The van der Waals surface area contributed by atoms with Gasteiger partial charge in [0.05, 0.1) is 18.8 Å². The van der Waals surface area contributed by atoms with Gasteiger partial charge in [-0.2, -0.15) is 0 Å². The highest BCUT2D eigenvalue weighted by Gasteiger charge is 2.18. The fourth-order valence-electron chi connectivity index (χ4n) is 11.3. The zero-order chi connectivity index (χ0) is 54.8. The van der Waals surface area contributed by atoms with Gasteiger partial charge in [-0.15, -0.1) is 0 Å². The number of carbonyl (C=O) groups is 1. The maximum atomic E-state index is 12.5. The second kappa shape index (κ2) is 67.9. The van der Waals surface area contributed by atoms with E-state index in [2.05, 4.69) is 43.5 Å². The van der Waals surface area contributed by atoms with Crippen molar-refractivity contribution in [1.82, 2.24) is 5.32 Å². The smallest absolute Gasteiger partial charge is 0.220 e. The summed E-state index contributed by atoms with van der Waals surface area (Å²) in [6, 6.07) is -0.646. The fourth-order valence-corrected chi connectivity index (χ4v) is 11.3. The van der Waals surface area contributed by atoms with E-state index >= 15 is 0 Å². The molecule has 0 aliphatic rings. The lowest BCUT2D eigenvalue weighted by atomic mass is 10.0. The first-order chi connectivity index (χ1) is 37.7. The van der Waals surface area contributed by atoms with Crippen LogP contribution in [0.3, 0.4) is 0 Å². The zero-order valence-electron chi connectivity index (χ0n) is 52.1. The maximum absolute atomic E-state index is 12.5. The van der Waals surface area contributed by atoms with Crippen LogP contribution in [0.5, 0.6) is 0 Å². The molecule has 450 valence electrons. The summed E-state index contributed by atoms with van der Waals surface area (Å²) < 4.78 is 0. The number of amides is 1. The first-order valence-corrected chi connectivity index (χ1v) is 35.2. The average molecular weight is 1070 g/mol. The fraction of sp³-hybridized carbons (Fsp3) is 0.903. The summed E-state index contributed by atoms with van der Waals surface area (Å²) in [4.78, 5) is 12.5. The Morgan fingerprint density at radius 1 is 0.303 bits per heavy atom. The highest BCUT2D eigenvalue weighted by Crippen LogP contribution is 2.19. The van der Waals surface area contributed by atoms with Crippen LogP contribution in [-0.4, -0.2) is 34.9 Å². The summed E-state index contributed by atoms with van der Waals surface area (Å²) in [5, 5.41) is 23.3. The Labute approximate surface area is 478 Å². The topological polar surface area (TPSA) is 69.6 Å². The largest absolute Gasteiger partial charge is 0.394 e. The third kappa shape index (κ3) is 63.4. The molecule has 0 bridgehead atoms. The predicted octanol–water partition coefficient (Wildman–Crippen LogP) is 23.9. The quantitative estimate of drug-likeness (QED) is 0.0420. The van der Waals surface area contributed by atoms with E-state index in [1.54, 1.807) is 6.08 Å². The number of allylic oxidation sites excluding steroid dienone is 5. The van der Waals surface area contributed by atoms with E-state index in [1.807, 2.05) is 6.08 Å². The number of aliphatic hydroxyl groups excluding tert-OH is 2. The second-order valence-corrected chi connectivity index (χ2v) is 24.3. The second-order valence-electron chi connectivity index (χ2n) is 24.3.